The SMILES string of the molecule is CCCCCC(=O)Nc1ccc(C(=O)N=Nc2c(O)n(CC(=O)OC)c3ccc(I)cc23)cc1. The Bertz CT molecular complexity index is 1230. The second-order valence-electron chi connectivity index (χ2n) is 7.58. The molecule has 2 amide bonds. The summed E-state index contributed by atoms with van der Waals surface area (Å²) in [6.07, 6.45) is 3.33. The normalized spacial score (nSPS) is 11.1. The van der Waals surface area contributed by atoms with Gasteiger partial charge in [-0.05, 0) is 71.5 Å². The number of ether oxygens (including phenoxy) is 1. The smallest absolute Gasteiger partial charge is 0.325 e. The number of halogens is 1. The van der Waals surface area contributed by atoms with Crippen LogP contribution >= 0.6 is 22.6 Å². The number of rotatable bonds is 9. The van der Waals surface area contributed by atoms with Crippen LogP contribution in [0.25, 0.3) is 10.9 Å². The van der Waals surface area contributed by atoms with Crippen LogP contribution in [0.1, 0.15) is 43.0 Å². The van der Waals surface area contributed by atoms with E-state index in [2.05, 4.69) is 45.1 Å². The number of unbranched alkanes of at least 4 members (excludes halogenated alkanes) is 2. The summed E-state index contributed by atoms with van der Waals surface area (Å²) in [5, 5.41) is 21.8. The maximum absolute atomic E-state index is 12.6. The van der Waals surface area contributed by atoms with Crippen LogP contribution in [0.2, 0.25) is 0 Å². The number of methoxy groups -OCH3 is 1. The van der Waals surface area contributed by atoms with Gasteiger partial charge in [0.15, 0.2) is 5.69 Å². The lowest BCUT2D eigenvalue weighted by atomic mass is 10.2. The molecule has 0 aliphatic carbocycles. The second-order valence-corrected chi connectivity index (χ2v) is 8.83. The zero-order chi connectivity index (χ0) is 24.7. The molecule has 3 aromatic rings. The van der Waals surface area contributed by atoms with Crippen LogP contribution in [-0.4, -0.2) is 34.6 Å². The molecular weight excluding hydrogens is 551 g/mol. The Morgan fingerprint density at radius 1 is 1.12 bits per heavy atom. The maximum atomic E-state index is 12.6. The first-order chi connectivity index (χ1) is 16.3. The molecule has 0 aliphatic rings. The predicted molar refractivity (Wildman–Crippen MR) is 136 cm³/mol. The minimum Gasteiger partial charge on any atom is -0.493 e. The zero-order valence-corrected chi connectivity index (χ0v) is 21.0. The molecule has 9 nitrogen and oxygen atoms in total. The molecule has 2 N–H and O–H groups in total. The molecule has 3 rings (SSSR count). The average Bonchev–Trinajstić information content (AvgIpc) is 3.07. The molecule has 34 heavy (non-hydrogen) atoms. The number of benzene rings is 2. The van der Waals surface area contributed by atoms with E-state index in [1.54, 1.807) is 36.4 Å². The number of hydrogen-bond acceptors (Lipinski definition) is 6. The van der Waals surface area contributed by atoms with Crippen LogP contribution < -0.4 is 5.32 Å². The molecule has 2 aromatic carbocycles. The molecule has 0 atom stereocenters. The highest BCUT2D eigenvalue weighted by Crippen LogP contribution is 2.39. The number of hydrogen-bond donors (Lipinski definition) is 2. The Hall–Kier alpha value is -3.28. The highest BCUT2D eigenvalue weighted by Gasteiger charge is 2.19. The van der Waals surface area contributed by atoms with Gasteiger partial charge in [0, 0.05) is 26.6 Å². The molecule has 1 aromatic heterocycles. The number of aromatic nitrogens is 1. The Morgan fingerprint density at radius 2 is 1.85 bits per heavy atom. The number of carbonyl (C=O) groups excluding carboxylic acids is 3. The summed E-state index contributed by atoms with van der Waals surface area (Å²) in [6, 6.07) is 11.7. The summed E-state index contributed by atoms with van der Waals surface area (Å²) < 4.78 is 6.94. The fourth-order valence-electron chi connectivity index (χ4n) is 3.36. The number of esters is 1. The number of carbonyl (C=O) groups is 3. The fraction of sp³-hybridized carbons (Fsp3) is 0.292. The van der Waals surface area contributed by atoms with Crippen molar-refractivity contribution in [1.82, 2.24) is 4.57 Å². The Balaban J connectivity index is 1.78. The molecule has 10 heteroatoms. The van der Waals surface area contributed by atoms with Gasteiger partial charge in [0.1, 0.15) is 6.54 Å². The van der Waals surface area contributed by atoms with Gasteiger partial charge in [-0.3, -0.25) is 19.0 Å². The summed E-state index contributed by atoms with van der Waals surface area (Å²) >= 11 is 2.12. The second kappa shape index (κ2) is 11.7. The Morgan fingerprint density at radius 3 is 2.53 bits per heavy atom. The highest BCUT2D eigenvalue weighted by atomic mass is 127. The first-order valence-electron chi connectivity index (χ1n) is 10.8. The fourth-order valence-corrected chi connectivity index (χ4v) is 3.85. The summed E-state index contributed by atoms with van der Waals surface area (Å²) in [7, 11) is 1.26. The van der Waals surface area contributed by atoms with E-state index in [-0.39, 0.29) is 29.6 Å². The molecule has 0 aliphatic heterocycles. The standard InChI is InChI=1S/C24H25IN4O5/c1-3-4-5-6-20(30)26-17-10-7-15(8-11-17)23(32)28-27-22-18-13-16(25)9-12-19(18)29(24(22)33)14-21(31)34-2/h7-13,33H,3-6,14H2,1-2H3,(H,26,30). The number of azo groups is 1. The monoisotopic (exact) mass is 576 g/mol. The minimum absolute atomic E-state index is 0.0688. The number of nitrogens with one attached hydrogen (secondary N) is 1. The quantitative estimate of drug-likeness (QED) is 0.149. The van der Waals surface area contributed by atoms with E-state index in [0.29, 0.717) is 23.0 Å². The summed E-state index contributed by atoms with van der Waals surface area (Å²) in [6.45, 7) is 1.86. The number of amides is 2. The maximum Gasteiger partial charge on any atom is 0.325 e. The molecular formula is C24H25IN4O5. The van der Waals surface area contributed by atoms with Crippen molar-refractivity contribution >= 4 is 62.7 Å². The number of anilines is 1. The lowest BCUT2D eigenvalue weighted by Gasteiger charge is -2.05. The number of aromatic hydroxyl groups is 1. The summed E-state index contributed by atoms with van der Waals surface area (Å²) in [5.74, 6) is -1.51. The molecule has 0 spiro atoms. The van der Waals surface area contributed by atoms with Gasteiger partial charge in [-0.15, -0.1) is 10.2 Å². The van der Waals surface area contributed by atoms with Crippen LogP contribution in [0.5, 0.6) is 5.88 Å². The zero-order valence-electron chi connectivity index (χ0n) is 18.9. The predicted octanol–water partition coefficient (Wildman–Crippen LogP) is 5.57. The van der Waals surface area contributed by atoms with Crippen molar-refractivity contribution in [2.24, 2.45) is 10.2 Å². The lowest BCUT2D eigenvalue weighted by Crippen LogP contribution is -2.11. The molecule has 0 unspecified atom stereocenters. The van der Waals surface area contributed by atoms with Crippen molar-refractivity contribution in [3.63, 3.8) is 0 Å². The van der Waals surface area contributed by atoms with Gasteiger partial charge < -0.3 is 15.2 Å². The van der Waals surface area contributed by atoms with Gasteiger partial charge in [-0.2, -0.15) is 0 Å². The molecule has 1 heterocycles. The molecule has 178 valence electrons. The highest BCUT2D eigenvalue weighted by molar-refractivity contribution is 14.1. The average molecular weight is 576 g/mol. The van der Waals surface area contributed by atoms with Crippen molar-refractivity contribution in [2.75, 3.05) is 12.4 Å². The van der Waals surface area contributed by atoms with E-state index in [9.17, 15) is 19.5 Å². The largest absolute Gasteiger partial charge is 0.493 e. The van der Waals surface area contributed by atoms with Crippen LogP contribution in [-0.2, 0) is 20.9 Å². The third-order valence-corrected chi connectivity index (χ3v) is 5.82. The van der Waals surface area contributed by atoms with Crippen molar-refractivity contribution < 1.29 is 24.2 Å². The van der Waals surface area contributed by atoms with Crippen LogP contribution in [0, 0.1) is 3.57 Å². The third-order valence-electron chi connectivity index (χ3n) is 5.15. The first kappa shape index (κ1) is 25.3. The van der Waals surface area contributed by atoms with Crippen LogP contribution in [0.4, 0.5) is 11.4 Å². The molecule has 0 fully saturated rings. The van der Waals surface area contributed by atoms with Gasteiger partial charge in [-0.25, -0.2) is 0 Å². The molecule has 0 saturated carbocycles. The Kier molecular flexibility index (Phi) is 8.74. The van der Waals surface area contributed by atoms with Crippen LogP contribution in [0.15, 0.2) is 52.7 Å². The van der Waals surface area contributed by atoms with E-state index >= 15 is 0 Å². The number of fused-ring (bicyclic) bond motifs is 1. The van der Waals surface area contributed by atoms with Gasteiger partial charge in [-0.1, -0.05) is 19.8 Å². The van der Waals surface area contributed by atoms with E-state index in [4.69, 9.17) is 4.74 Å². The van der Waals surface area contributed by atoms with Gasteiger partial charge in [0.05, 0.1) is 12.6 Å². The lowest BCUT2D eigenvalue weighted by molar-refractivity contribution is -0.141. The van der Waals surface area contributed by atoms with Crippen molar-refractivity contribution in [3.05, 3.63) is 51.6 Å². The van der Waals surface area contributed by atoms with E-state index in [1.807, 2.05) is 6.07 Å². The van der Waals surface area contributed by atoms with Gasteiger partial charge in [0.25, 0.3) is 5.91 Å². The topological polar surface area (TPSA) is 122 Å². The van der Waals surface area contributed by atoms with E-state index < -0.39 is 11.9 Å². The molecule has 0 radical (unpaired) electrons. The van der Waals surface area contributed by atoms with Crippen LogP contribution in [0.3, 0.4) is 0 Å². The van der Waals surface area contributed by atoms with E-state index in [0.717, 1.165) is 22.8 Å². The minimum atomic E-state index is -0.611. The summed E-state index contributed by atoms with van der Waals surface area (Å²) in [5.41, 5.74) is 1.51. The van der Waals surface area contributed by atoms with Gasteiger partial charge >= 0.3 is 5.97 Å². The number of nitrogens with zero attached hydrogens (tertiary/aromatic N) is 3. The van der Waals surface area contributed by atoms with Gasteiger partial charge in [0.2, 0.25) is 11.8 Å². The van der Waals surface area contributed by atoms with Crippen molar-refractivity contribution in [3.8, 4) is 5.88 Å². The summed E-state index contributed by atoms with van der Waals surface area (Å²) in [4.78, 5) is 36.3. The van der Waals surface area contributed by atoms with Crippen molar-refractivity contribution in [1.29, 1.82) is 0 Å². The van der Waals surface area contributed by atoms with E-state index in [1.165, 1.54) is 11.7 Å². The van der Waals surface area contributed by atoms with Crippen molar-refractivity contribution in [2.45, 2.75) is 39.2 Å². The Labute approximate surface area is 210 Å². The molecule has 0 bridgehead atoms. The third kappa shape index (κ3) is 6.19. The molecule has 0 saturated heterocycles. The first-order valence-corrected chi connectivity index (χ1v) is 11.9.